The van der Waals surface area contributed by atoms with Crippen molar-refractivity contribution in [3.63, 3.8) is 0 Å². The smallest absolute Gasteiger partial charge is 0.306 e. The molecule has 0 aliphatic carbocycles. The van der Waals surface area contributed by atoms with E-state index in [-0.39, 0.29) is 19.6 Å². The van der Waals surface area contributed by atoms with Gasteiger partial charge in [0.1, 0.15) is 54.9 Å². The van der Waals surface area contributed by atoms with Crippen LogP contribution in [0.1, 0.15) is 104 Å². The lowest BCUT2D eigenvalue weighted by atomic mass is 9.98. The Morgan fingerprint density at radius 3 is 1.51 bits per heavy atom. The van der Waals surface area contributed by atoms with Crippen molar-refractivity contribution in [3.8, 4) is 0 Å². The molecule has 11 atom stereocenters. The maximum Gasteiger partial charge on any atom is 0.306 e. The summed E-state index contributed by atoms with van der Waals surface area (Å²) in [6, 6.07) is 0. The van der Waals surface area contributed by atoms with Gasteiger partial charge < -0.3 is 64.2 Å². The molecule has 2 aliphatic rings. The number of carbonyl (C=O) groups is 1. The second kappa shape index (κ2) is 36.2. The molecular formula is C49H78O14. The second-order valence-electron chi connectivity index (χ2n) is 15.5. The molecule has 7 N–H and O–H groups in total. The average molecular weight is 891 g/mol. The van der Waals surface area contributed by atoms with E-state index in [4.69, 9.17) is 28.4 Å². The molecule has 14 nitrogen and oxygen atoms in total. The van der Waals surface area contributed by atoms with Crippen LogP contribution in [0.25, 0.3) is 0 Å². The van der Waals surface area contributed by atoms with Gasteiger partial charge in [-0.05, 0) is 77.0 Å². The van der Waals surface area contributed by atoms with Gasteiger partial charge in [0, 0.05) is 6.42 Å². The molecule has 63 heavy (non-hydrogen) atoms. The minimum atomic E-state index is -1.73. The standard InChI is InChI=1S/C49H78O14/c1-3-5-7-9-11-13-15-17-18-19-21-23-25-27-29-31-33-58-35-38(61-41(51)32-30-28-26-24-22-20-16-14-12-10-8-6-4-2)36-59-48-47(57)45(55)43(53)40(63-48)37-60-49-46(56)44(54)42(52)39(34-50)62-49/h5-8,11-14,17-18,20-23,27,29,38-40,42-50,52-57H,3-4,9-10,15-16,19,24-26,28,30-37H2,1-2H3/b7-5-,8-6-,13-11-,14-12-,18-17-,22-20-,23-21-,29-27-. The Hall–Kier alpha value is -3.09. The van der Waals surface area contributed by atoms with E-state index in [2.05, 4.69) is 105 Å². The molecule has 0 spiro atoms. The molecule has 2 fully saturated rings. The van der Waals surface area contributed by atoms with E-state index in [9.17, 15) is 40.5 Å². The first-order chi connectivity index (χ1) is 30.6. The van der Waals surface area contributed by atoms with Gasteiger partial charge in [-0.15, -0.1) is 0 Å². The number of aliphatic hydroxyl groups excluding tert-OH is 7. The Morgan fingerprint density at radius 1 is 0.524 bits per heavy atom. The average Bonchev–Trinajstić information content (AvgIpc) is 3.28. The molecule has 0 saturated carbocycles. The summed E-state index contributed by atoms with van der Waals surface area (Å²) < 4.78 is 34.0. The van der Waals surface area contributed by atoms with Crippen LogP contribution in [0.15, 0.2) is 97.2 Å². The number of rotatable bonds is 33. The molecule has 2 rings (SSSR count). The molecular weight excluding hydrogens is 813 g/mol. The third kappa shape index (κ3) is 24.7. The van der Waals surface area contributed by atoms with E-state index in [1.165, 1.54) is 0 Å². The lowest BCUT2D eigenvalue weighted by molar-refractivity contribution is -0.332. The maximum absolute atomic E-state index is 12.9. The van der Waals surface area contributed by atoms with E-state index >= 15 is 0 Å². The Kier molecular flexibility index (Phi) is 32.2. The number of hydrogen-bond donors (Lipinski definition) is 7. The molecule has 14 heteroatoms. The monoisotopic (exact) mass is 891 g/mol. The van der Waals surface area contributed by atoms with Crippen LogP contribution in [0.5, 0.6) is 0 Å². The second-order valence-corrected chi connectivity index (χ2v) is 15.5. The van der Waals surface area contributed by atoms with E-state index < -0.39 is 86.7 Å². The predicted molar refractivity (Wildman–Crippen MR) is 242 cm³/mol. The van der Waals surface area contributed by atoms with Crippen molar-refractivity contribution in [2.24, 2.45) is 0 Å². The summed E-state index contributed by atoms with van der Waals surface area (Å²) in [7, 11) is 0. The molecule has 0 aromatic carbocycles. The van der Waals surface area contributed by atoms with Crippen LogP contribution < -0.4 is 0 Å². The van der Waals surface area contributed by atoms with Crippen LogP contribution in [-0.2, 0) is 33.2 Å². The van der Waals surface area contributed by atoms with Gasteiger partial charge in [-0.25, -0.2) is 0 Å². The van der Waals surface area contributed by atoms with Gasteiger partial charge in [0.15, 0.2) is 12.6 Å². The number of allylic oxidation sites excluding steroid dienone is 15. The summed E-state index contributed by atoms with van der Waals surface area (Å²) in [5.74, 6) is -0.436. The summed E-state index contributed by atoms with van der Waals surface area (Å²) in [5.41, 5.74) is 0. The number of hydrogen-bond acceptors (Lipinski definition) is 14. The van der Waals surface area contributed by atoms with Gasteiger partial charge in [-0.2, -0.15) is 0 Å². The Morgan fingerprint density at radius 2 is 0.984 bits per heavy atom. The summed E-state index contributed by atoms with van der Waals surface area (Å²) in [4.78, 5) is 12.9. The zero-order chi connectivity index (χ0) is 45.9. The highest BCUT2D eigenvalue weighted by molar-refractivity contribution is 5.69. The third-order valence-electron chi connectivity index (χ3n) is 10.1. The molecule has 2 saturated heterocycles. The number of unbranched alkanes of at least 4 members (excludes halogenated alkanes) is 3. The highest BCUT2D eigenvalue weighted by Gasteiger charge is 2.47. The quantitative estimate of drug-likeness (QED) is 0.0246. The number of ether oxygens (including phenoxy) is 6. The fraction of sp³-hybridized carbons (Fsp3) is 0.653. The Bertz CT molecular complexity index is 1400. The molecule has 2 aliphatic heterocycles. The van der Waals surface area contributed by atoms with Gasteiger partial charge in [-0.3, -0.25) is 4.79 Å². The van der Waals surface area contributed by atoms with Crippen LogP contribution in [0, 0.1) is 0 Å². The van der Waals surface area contributed by atoms with Gasteiger partial charge >= 0.3 is 5.97 Å². The van der Waals surface area contributed by atoms with Gasteiger partial charge in [0.05, 0.1) is 33.0 Å². The Balaban J connectivity index is 1.87. The van der Waals surface area contributed by atoms with E-state index in [0.717, 1.165) is 70.6 Å². The summed E-state index contributed by atoms with van der Waals surface area (Å²) in [6.07, 6.45) is 29.3. The van der Waals surface area contributed by atoms with Crippen molar-refractivity contribution in [1.82, 2.24) is 0 Å². The maximum atomic E-state index is 12.9. The van der Waals surface area contributed by atoms with Crippen molar-refractivity contribution in [3.05, 3.63) is 97.2 Å². The number of esters is 1. The Labute approximate surface area is 375 Å². The SMILES string of the molecule is CC/C=C\C/C=C\C/C=C\C/C=C\C/C=C\CCOCC(COC1OC(COC2OC(CO)C(O)C(O)C2O)C(O)C(O)C1O)OC(=O)CCCCC/C=C\C/C=C\C/C=C\CC. The van der Waals surface area contributed by atoms with Crippen molar-refractivity contribution >= 4 is 5.97 Å². The zero-order valence-corrected chi connectivity index (χ0v) is 37.5. The molecule has 0 bridgehead atoms. The van der Waals surface area contributed by atoms with Crippen LogP contribution >= 0.6 is 0 Å². The normalized spacial score (nSPS) is 27.9. The van der Waals surface area contributed by atoms with Crippen molar-refractivity contribution < 1.29 is 69.0 Å². The van der Waals surface area contributed by atoms with Crippen molar-refractivity contribution in [1.29, 1.82) is 0 Å². The lowest BCUT2D eigenvalue weighted by Gasteiger charge is -2.42. The van der Waals surface area contributed by atoms with Crippen molar-refractivity contribution in [2.75, 3.05) is 33.0 Å². The minimum Gasteiger partial charge on any atom is -0.457 e. The number of carbonyl (C=O) groups excluding carboxylic acids is 1. The summed E-state index contributed by atoms with van der Waals surface area (Å²) >= 11 is 0. The fourth-order valence-electron chi connectivity index (χ4n) is 6.42. The molecule has 2 heterocycles. The molecule has 0 aromatic rings. The third-order valence-corrected chi connectivity index (χ3v) is 10.1. The van der Waals surface area contributed by atoms with Gasteiger partial charge in [-0.1, -0.05) is 117 Å². The zero-order valence-electron chi connectivity index (χ0n) is 37.5. The van der Waals surface area contributed by atoms with E-state index in [1.807, 2.05) is 6.08 Å². The van der Waals surface area contributed by atoms with Crippen molar-refractivity contribution in [2.45, 2.75) is 171 Å². The van der Waals surface area contributed by atoms with Gasteiger partial charge in [0.2, 0.25) is 0 Å². The predicted octanol–water partition coefficient (Wildman–Crippen LogP) is 5.51. The first-order valence-corrected chi connectivity index (χ1v) is 22.8. The largest absolute Gasteiger partial charge is 0.457 e. The van der Waals surface area contributed by atoms with Crippen LogP contribution in [-0.4, -0.2) is 142 Å². The molecule has 0 radical (unpaired) electrons. The molecule has 11 unspecified atom stereocenters. The lowest BCUT2D eigenvalue weighted by Crippen LogP contribution is -2.61. The van der Waals surface area contributed by atoms with Crippen LogP contribution in [0.4, 0.5) is 0 Å². The van der Waals surface area contributed by atoms with E-state index in [1.54, 1.807) is 0 Å². The van der Waals surface area contributed by atoms with Gasteiger partial charge in [0.25, 0.3) is 0 Å². The van der Waals surface area contributed by atoms with Crippen LogP contribution in [0.3, 0.4) is 0 Å². The summed E-state index contributed by atoms with van der Waals surface area (Å²) in [5, 5.41) is 71.9. The topological polar surface area (TPSA) is 214 Å². The van der Waals surface area contributed by atoms with Crippen LogP contribution in [0.2, 0.25) is 0 Å². The summed E-state index contributed by atoms with van der Waals surface area (Å²) in [6.45, 7) is 3.14. The number of aliphatic hydroxyl groups is 7. The highest BCUT2D eigenvalue weighted by Crippen LogP contribution is 2.26. The molecule has 358 valence electrons. The van der Waals surface area contributed by atoms with E-state index in [0.29, 0.717) is 19.4 Å². The highest BCUT2D eigenvalue weighted by atomic mass is 16.7. The first kappa shape index (κ1) is 56.0. The molecule has 0 amide bonds. The minimum absolute atomic E-state index is 0.0117. The fourth-order valence-corrected chi connectivity index (χ4v) is 6.42. The molecule has 0 aromatic heterocycles. The first-order valence-electron chi connectivity index (χ1n) is 22.8.